The van der Waals surface area contributed by atoms with Crippen LogP contribution in [0.25, 0.3) is 32.9 Å². The van der Waals surface area contributed by atoms with Gasteiger partial charge in [-0.2, -0.15) is 0 Å². The van der Waals surface area contributed by atoms with E-state index < -0.39 is 0 Å². The van der Waals surface area contributed by atoms with Crippen molar-refractivity contribution >= 4 is 45.3 Å². The van der Waals surface area contributed by atoms with Crippen molar-refractivity contribution in [1.29, 1.82) is 0 Å². The molecule has 4 heteroatoms. The van der Waals surface area contributed by atoms with E-state index in [9.17, 15) is 0 Å². The van der Waals surface area contributed by atoms with Crippen molar-refractivity contribution in [3.05, 3.63) is 119 Å². The lowest BCUT2D eigenvalue weighted by molar-refractivity contribution is 1.16. The van der Waals surface area contributed by atoms with E-state index in [1.54, 1.807) is 23.5 Å². The average molecular weight is 529 g/mol. The molecule has 0 spiro atoms. The number of benzene rings is 4. The maximum Gasteiger partial charge on any atom is 0.102 e. The first-order valence-corrected chi connectivity index (χ1v) is 14.4. The highest BCUT2D eigenvalue weighted by Crippen LogP contribution is 2.34. The van der Waals surface area contributed by atoms with Gasteiger partial charge in [-0.3, -0.25) is 0 Å². The fourth-order valence-corrected chi connectivity index (χ4v) is 6.61. The zero-order valence-corrected chi connectivity index (χ0v) is 23.6. The molecule has 0 aliphatic rings. The van der Waals surface area contributed by atoms with Gasteiger partial charge in [-0.25, -0.2) is 9.97 Å². The van der Waals surface area contributed by atoms with E-state index in [1.165, 1.54) is 53.9 Å². The topological polar surface area (TPSA) is 25.8 Å². The van der Waals surface area contributed by atoms with Crippen LogP contribution >= 0.6 is 23.5 Å². The van der Waals surface area contributed by atoms with Gasteiger partial charge < -0.3 is 0 Å². The molecular weight excluding hydrogens is 501 g/mol. The number of aromatic nitrogens is 2. The minimum atomic E-state index is 1.03. The number of nitrogens with zero attached hydrogens (tertiary/aromatic N) is 2. The molecular formula is C34H28N2S2. The smallest absolute Gasteiger partial charge is 0.102 e. The standard InChI is InChI=1S/C34H28N2S2/c1-21-7-5-9-29-23(3)19-31(35-33(21)29)37-27-15-11-25(12-16-27)26-13-17-28(18-14-26)38-32-20-24(4)30-10-6-8-22(2)34(30)36-32/h5-20H,1-4H3. The van der Waals surface area contributed by atoms with Crippen molar-refractivity contribution in [2.45, 2.75) is 47.5 Å². The molecule has 2 aromatic heterocycles. The summed E-state index contributed by atoms with van der Waals surface area (Å²) in [6, 6.07) is 34.7. The second-order valence-corrected chi connectivity index (χ2v) is 11.9. The lowest BCUT2D eigenvalue weighted by Crippen LogP contribution is -1.90. The molecule has 0 fully saturated rings. The summed E-state index contributed by atoms with van der Waals surface area (Å²) in [5.74, 6) is 0. The van der Waals surface area contributed by atoms with Crippen LogP contribution in [0.1, 0.15) is 22.3 Å². The Morgan fingerprint density at radius 2 is 0.842 bits per heavy atom. The molecule has 2 nitrogen and oxygen atoms in total. The van der Waals surface area contributed by atoms with Crippen LogP contribution in [-0.4, -0.2) is 9.97 Å². The number of rotatable bonds is 5. The first-order chi connectivity index (χ1) is 18.4. The summed E-state index contributed by atoms with van der Waals surface area (Å²) in [6.07, 6.45) is 0. The van der Waals surface area contributed by atoms with Gasteiger partial charge in [-0.05, 0) is 97.5 Å². The van der Waals surface area contributed by atoms with Crippen LogP contribution in [0.5, 0.6) is 0 Å². The van der Waals surface area contributed by atoms with Crippen molar-refractivity contribution in [2.24, 2.45) is 0 Å². The van der Waals surface area contributed by atoms with Gasteiger partial charge in [0.1, 0.15) is 10.1 Å². The maximum atomic E-state index is 4.94. The van der Waals surface area contributed by atoms with Gasteiger partial charge in [0, 0.05) is 20.6 Å². The highest BCUT2D eigenvalue weighted by atomic mass is 32.2. The van der Waals surface area contributed by atoms with E-state index in [0.717, 1.165) is 21.1 Å². The molecule has 6 aromatic rings. The van der Waals surface area contributed by atoms with Crippen LogP contribution in [0.2, 0.25) is 0 Å². The third-order valence-corrected chi connectivity index (χ3v) is 8.79. The Labute approximate surface area is 232 Å². The first kappa shape index (κ1) is 24.7. The molecule has 6 rings (SSSR count). The minimum Gasteiger partial charge on any atom is -0.241 e. The summed E-state index contributed by atoms with van der Waals surface area (Å²) in [5, 5.41) is 4.53. The molecule has 0 saturated heterocycles. The van der Waals surface area contributed by atoms with E-state index in [1.807, 2.05) is 0 Å². The summed E-state index contributed by atoms with van der Waals surface area (Å²) in [6.45, 7) is 8.58. The van der Waals surface area contributed by atoms with Gasteiger partial charge in [0.2, 0.25) is 0 Å². The Balaban J connectivity index is 1.18. The highest BCUT2D eigenvalue weighted by molar-refractivity contribution is 7.99. The summed E-state index contributed by atoms with van der Waals surface area (Å²) in [7, 11) is 0. The van der Waals surface area contributed by atoms with Crippen molar-refractivity contribution in [3.8, 4) is 11.1 Å². The quantitative estimate of drug-likeness (QED) is 0.222. The molecule has 0 N–H and O–H groups in total. The van der Waals surface area contributed by atoms with E-state index in [0.29, 0.717) is 0 Å². The van der Waals surface area contributed by atoms with E-state index in [2.05, 4.69) is 125 Å². The van der Waals surface area contributed by atoms with Crippen LogP contribution in [0.3, 0.4) is 0 Å². The Morgan fingerprint density at radius 3 is 1.24 bits per heavy atom. The number of pyridine rings is 2. The molecule has 0 aliphatic carbocycles. The van der Waals surface area contributed by atoms with Crippen LogP contribution in [0.15, 0.2) is 117 Å². The van der Waals surface area contributed by atoms with E-state index in [-0.39, 0.29) is 0 Å². The molecule has 2 heterocycles. The summed E-state index contributed by atoms with van der Waals surface area (Å²) >= 11 is 3.43. The molecule has 38 heavy (non-hydrogen) atoms. The number of aryl methyl sites for hydroxylation is 4. The number of para-hydroxylation sites is 2. The fraction of sp³-hybridized carbons (Fsp3) is 0.118. The lowest BCUT2D eigenvalue weighted by Gasteiger charge is -2.10. The zero-order valence-electron chi connectivity index (χ0n) is 21.9. The largest absolute Gasteiger partial charge is 0.241 e. The van der Waals surface area contributed by atoms with Crippen LogP contribution in [0, 0.1) is 27.7 Å². The van der Waals surface area contributed by atoms with E-state index >= 15 is 0 Å². The summed E-state index contributed by atoms with van der Waals surface area (Å²) < 4.78 is 0. The van der Waals surface area contributed by atoms with Crippen LogP contribution in [-0.2, 0) is 0 Å². The SMILES string of the molecule is Cc1cc(Sc2ccc(-c3ccc(Sc4cc(C)c5cccc(C)c5n4)cc3)cc2)nc2c(C)cccc12. The van der Waals surface area contributed by atoms with Gasteiger partial charge in [-0.1, -0.05) is 84.2 Å². The zero-order chi connectivity index (χ0) is 26.2. The summed E-state index contributed by atoms with van der Waals surface area (Å²) in [5.41, 5.74) is 9.56. The second-order valence-electron chi connectivity index (χ2n) is 9.75. The lowest BCUT2D eigenvalue weighted by atomic mass is 10.1. The minimum absolute atomic E-state index is 1.03. The molecule has 4 aromatic carbocycles. The molecule has 0 radical (unpaired) electrons. The molecule has 186 valence electrons. The predicted molar refractivity (Wildman–Crippen MR) is 163 cm³/mol. The molecule has 0 bridgehead atoms. The third-order valence-electron chi connectivity index (χ3n) is 6.94. The molecule has 0 saturated carbocycles. The fourth-order valence-electron chi connectivity index (χ4n) is 4.84. The molecule has 0 atom stereocenters. The van der Waals surface area contributed by atoms with Gasteiger partial charge in [-0.15, -0.1) is 0 Å². The van der Waals surface area contributed by atoms with Crippen molar-refractivity contribution in [2.75, 3.05) is 0 Å². The number of hydrogen-bond acceptors (Lipinski definition) is 4. The predicted octanol–water partition coefficient (Wildman–Crippen LogP) is 9.99. The third kappa shape index (κ3) is 4.94. The van der Waals surface area contributed by atoms with Gasteiger partial charge in [0.15, 0.2) is 0 Å². The molecule has 0 unspecified atom stereocenters. The highest BCUT2D eigenvalue weighted by Gasteiger charge is 2.09. The van der Waals surface area contributed by atoms with Gasteiger partial charge >= 0.3 is 0 Å². The maximum absolute atomic E-state index is 4.94. The van der Waals surface area contributed by atoms with Gasteiger partial charge in [0.05, 0.1) is 11.0 Å². The Hall–Kier alpha value is -3.60. The Kier molecular flexibility index (Phi) is 6.69. The van der Waals surface area contributed by atoms with Crippen molar-refractivity contribution in [3.63, 3.8) is 0 Å². The monoisotopic (exact) mass is 528 g/mol. The first-order valence-electron chi connectivity index (χ1n) is 12.7. The summed E-state index contributed by atoms with van der Waals surface area (Å²) in [4.78, 5) is 12.3. The Morgan fingerprint density at radius 1 is 0.447 bits per heavy atom. The van der Waals surface area contributed by atoms with E-state index in [4.69, 9.17) is 9.97 Å². The van der Waals surface area contributed by atoms with Crippen molar-refractivity contribution < 1.29 is 0 Å². The molecule has 0 aliphatic heterocycles. The van der Waals surface area contributed by atoms with Crippen molar-refractivity contribution in [1.82, 2.24) is 9.97 Å². The second kappa shape index (κ2) is 10.3. The Bertz CT molecular complexity index is 1650. The van der Waals surface area contributed by atoms with Crippen LogP contribution < -0.4 is 0 Å². The number of fused-ring (bicyclic) bond motifs is 2. The number of hydrogen-bond donors (Lipinski definition) is 0. The normalized spacial score (nSPS) is 11.4. The molecule has 0 amide bonds. The van der Waals surface area contributed by atoms with Gasteiger partial charge in [0.25, 0.3) is 0 Å². The van der Waals surface area contributed by atoms with Crippen LogP contribution in [0.4, 0.5) is 0 Å². The average Bonchev–Trinajstić information content (AvgIpc) is 2.91.